The summed E-state index contributed by atoms with van der Waals surface area (Å²) in [5, 5.41) is 13.2. The Hall–Kier alpha value is -3.09. The number of nitrogens with zero attached hydrogens (tertiary/aromatic N) is 2. The first kappa shape index (κ1) is 14.3. The fraction of sp³-hybridized carbons (Fsp3) is 0. The van der Waals surface area contributed by atoms with Crippen LogP contribution in [0.3, 0.4) is 0 Å². The number of nitro groups is 1. The third kappa shape index (κ3) is 3.93. The molecule has 0 atom stereocenters. The van der Waals surface area contributed by atoms with Gasteiger partial charge in [0.25, 0.3) is 5.69 Å². The lowest BCUT2D eigenvalue weighted by molar-refractivity contribution is -0.385. The number of hydrogen-bond donors (Lipinski definition) is 1. The largest absolute Gasteiger partial charge is 0.307 e. The van der Waals surface area contributed by atoms with E-state index in [9.17, 15) is 19.3 Å². The number of nitrogens with one attached hydrogen (secondary N) is 1. The molecule has 1 heterocycles. The van der Waals surface area contributed by atoms with Crippen LogP contribution in [0.25, 0.3) is 6.08 Å². The van der Waals surface area contributed by atoms with Crippen LogP contribution in [0.1, 0.15) is 5.56 Å². The van der Waals surface area contributed by atoms with Crippen molar-refractivity contribution in [3.05, 3.63) is 70.2 Å². The molecule has 0 fully saturated rings. The molecule has 0 saturated heterocycles. The predicted molar refractivity (Wildman–Crippen MR) is 75.0 cm³/mol. The Bertz CT molecular complexity index is 716. The van der Waals surface area contributed by atoms with Gasteiger partial charge in [-0.05, 0) is 24.3 Å². The molecule has 6 nitrogen and oxygen atoms in total. The zero-order valence-corrected chi connectivity index (χ0v) is 10.7. The number of hydrogen-bond acceptors (Lipinski definition) is 4. The van der Waals surface area contributed by atoms with Gasteiger partial charge in [0.05, 0.1) is 10.5 Å². The molecular weight excluding hydrogens is 277 g/mol. The van der Waals surface area contributed by atoms with Crippen LogP contribution in [0.5, 0.6) is 0 Å². The topological polar surface area (TPSA) is 85.1 Å². The van der Waals surface area contributed by atoms with Crippen LogP contribution in [-0.4, -0.2) is 15.8 Å². The SMILES string of the molecule is O=C(/C=C/c1ccccc1[N+](=O)[O-])Nc1cccc(F)n1. The molecule has 0 spiro atoms. The van der Waals surface area contributed by atoms with Crippen LogP contribution in [-0.2, 0) is 4.79 Å². The van der Waals surface area contributed by atoms with E-state index in [1.54, 1.807) is 6.07 Å². The maximum absolute atomic E-state index is 12.9. The number of nitro benzene ring substituents is 1. The molecule has 0 aliphatic rings. The van der Waals surface area contributed by atoms with Crippen molar-refractivity contribution in [2.45, 2.75) is 0 Å². The van der Waals surface area contributed by atoms with Crippen molar-refractivity contribution in [3.63, 3.8) is 0 Å². The number of carbonyl (C=O) groups is 1. The first-order chi connectivity index (χ1) is 10.1. The first-order valence-corrected chi connectivity index (χ1v) is 5.91. The molecule has 2 rings (SSSR count). The molecule has 0 unspecified atom stereocenters. The highest BCUT2D eigenvalue weighted by atomic mass is 19.1. The summed E-state index contributed by atoms with van der Waals surface area (Å²) < 4.78 is 12.9. The van der Waals surface area contributed by atoms with Gasteiger partial charge in [0.2, 0.25) is 11.9 Å². The second kappa shape index (κ2) is 6.38. The van der Waals surface area contributed by atoms with Gasteiger partial charge in [-0.15, -0.1) is 0 Å². The van der Waals surface area contributed by atoms with E-state index in [-0.39, 0.29) is 11.5 Å². The lowest BCUT2D eigenvalue weighted by Gasteiger charge is -2.00. The smallest absolute Gasteiger partial charge is 0.276 e. The Morgan fingerprint density at radius 1 is 1.24 bits per heavy atom. The van der Waals surface area contributed by atoms with Gasteiger partial charge in [0.15, 0.2) is 0 Å². The number of carbonyl (C=O) groups excluding carboxylic acids is 1. The summed E-state index contributed by atoms with van der Waals surface area (Å²) in [6.07, 6.45) is 2.43. The maximum Gasteiger partial charge on any atom is 0.276 e. The van der Waals surface area contributed by atoms with Gasteiger partial charge in [-0.1, -0.05) is 18.2 Å². The van der Waals surface area contributed by atoms with Crippen LogP contribution >= 0.6 is 0 Å². The summed E-state index contributed by atoms with van der Waals surface area (Å²) in [6, 6.07) is 10.0. The molecule has 21 heavy (non-hydrogen) atoms. The van der Waals surface area contributed by atoms with Gasteiger partial charge in [-0.2, -0.15) is 4.39 Å². The second-order valence-corrected chi connectivity index (χ2v) is 3.98. The summed E-state index contributed by atoms with van der Waals surface area (Å²) in [5.41, 5.74) is 0.190. The quantitative estimate of drug-likeness (QED) is 0.405. The van der Waals surface area contributed by atoms with Gasteiger partial charge < -0.3 is 5.32 Å². The predicted octanol–water partition coefficient (Wildman–Crippen LogP) is 2.78. The van der Waals surface area contributed by atoms with Crippen molar-refractivity contribution in [1.29, 1.82) is 0 Å². The zero-order chi connectivity index (χ0) is 15.2. The number of halogens is 1. The zero-order valence-electron chi connectivity index (χ0n) is 10.7. The number of pyridine rings is 1. The minimum Gasteiger partial charge on any atom is -0.307 e. The normalized spacial score (nSPS) is 10.5. The molecular formula is C14H10FN3O3. The third-order valence-corrected chi connectivity index (χ3v) is 2.51. The highest BCUT2D eigenvalue weighted by Crippen LogP contribution is 2.18. The molecule has 106 valence electrons. The minimum atomic E-state index is -0.713. The Morgan fingerprint density at radius 2 is 2.00 bits per heavy atom. The van der Waals surface area contributed by atoms with E-state index < -0.39 is 16.8 Å². The minimum absolute atomic E-state index is 0.0622. The molecule has 1 N–H and O–H groups in total. The number of benzene rings is 1. The van der Waals surface area contributed by atoms with Crippen LogP contribution < -0.4 is 5.32 Å². The highest BCUT2D eigenvalue weighted by Gasteiger charge is 2.09. The van der Waals surface area contributed by atoms with E-state index in [2.05, 4.69) is 10.3 Å². The van der Waals surface area contributed by atoms with E-state index >= 15 is 0 Å². The molecule has 2 aromatic rings. The Morgan fingerprint density at radius 3 is 2.71 bits per heavy atom. The first-order valence-electron chi connectivity index (χ1n) is 5.91. The maximum atomic E-state index is 12.9. The van der Waals surface area contributed by atoms with E-state index in [0.29, 0.717) is 5.56 Å². The van der Waals surface area contributed by atoms with E-state index in [0.717, 1.165) is 12.1 Å². The van der Waals surface area contributed by atoms with Crippen molar-refractivity contribution in [1.82, 2.24) is 4.98 Å². The molecule has 7 heteroatoms. The van der Waals surface area contributed by atoms with Gasteiger partial charge in [0, 0.05) is 12.1 Å². The summed E-state index contributed by atoms with van der Waals surface area (Å²) in [7, 11) is 0. The Labute approximate surface area is 119 Å². The van der Waals surface area contributed by atoms with Crippen LogP contribution in [0.2, 0.25) is 0 Å². The van der Waals surface area contributed by atoms with Crippen molar-refractivity contribution >= 4 is 23.5 Å². The van der Waals surface area contributed by atoms with Crippen LogP contribution in [0, 0.1) is 16.1 Å². The summed E-state index contributed by atoms with van der Waals surface area (Å²) >= 11 is 0. The van der Waals surface area contributed by atoms with E-state index in [4.69, 9.17) is 0 Å². The number of para-hydroxylation sites is 1. The Balaban J connectivity index is 2.11. The molecule has 1 amide bonds. The Kier molecular flexibility index (Phi) is 4.35. The number of rotatable bonds is 4. The summed E-state index contributed by atoms with van der Waals surface area (Å²) in [4.78, 5) is 25.4. The number of aromatic nitrogens is 1. The molecule has 0 saturated carbocycles. The van der Waals surface area contributed by atoms with Crippen LogP contribution in [0.4, 0.5) is 15.9 Å². The van der Waals surface area contributed by atoms with Crippen molar-refractivity contribution < 1.29 is 14.1 Å². The average molecular weight is 287 g/mol. The molecule has 0 bridgehead atoms. The third-order valence-electron chi connectivity index (χ3n) is 2.51. The molecule has 0 aliphatic carbocycles. The second-order valence-electron chi connectivity index (χ2n) is 3.98. The van der Waals surface area contributed by atoms with Crippen molar-refractivity contribution in [2.24, 2.45) is 0 Å². The fourth-order valence-corrected chi connectivity index (χ4v) is 1.61. The lowest BCUT2D eigenvalue weighted by atomic mass is 10.1. The van der Waals surface area contributed by atoms with Gasteiger partial charge in [0.1, 0.15) is 5.82 Å². The highest BCUT2D eigenvalue weighted by molar-refractivity contribution is 6.01. The summed E-state index contributed by atoms with van der Waals surface area (Å²) in [5.74, 6) is -1.21. The number of amides is 1. The average Bonchev–Trinajstić information content (AvgIpc) is 2.45. The van der Waals surface area contributed by atoms with E-state index in [1.165, 1.54) is 36.4 Å². The molecule has 0 aliphatic heterocycles. The van der Waals surface area contributed by atoms with Crippen molar-refractivity contribution in [2.75, 3.05) is 5.32 Å². The van der Waals surface area contributed by atoms with Crippen LogP contribution in [0.15, 0.2) is 48.5 Å². The van der Waals surface area contributed by atoms with Crippen molar-refractivity contribution in [3.8, 4) is 0 Å². The van der Waals surface area contributed by atoms with Gasteiger partial charge in [-0.25, -0.2) is 4.98 Å². The lowest BCUT2D eigenvalue weighted by Crippen LogP contribution is -2.09. The number of anilines is 1. The monoisotopic (exact) mass is 287 g/mol. The van der Waals surface area contributed by atoms with Gasteiger partial charge >= 0.3 is 0 Å². The van der Waals surface area contributed by atoms with E-state index in [1.807, 2.05) is 0 Å². The molecule has 0 radical (unpaired) electrons. The molecule has 1 aromatic heterocycles. The fourth-order valence-electron chi connectivity index (χ4n) is 1.61. The molecule has 1 aromatic carbocycles. The van der Waals surface area contributed by atoms with Gasteiger partial charge in [-0.3, -0.25) is 14.9 Å². The standard InChI is InChI=1S/C14H10FN3O3/c15-12-6-3-7-13(16-12)17-14(19)9-8-10-4-1-2-5-11(10)18(20)21/h1-9H,(H,16,17,19)/b9-8+. The summed E-state index contributed by atoms with van der Waals surface area (Å²) in [6.45, 7) is 0.